The third-order valence-corrected chi connectivity index (χ3v) is 3.47. The molecule has 1 aromatic heterocycles. The minimum Gasteiger partial charge on any atom is -0.493 e. The van der Waals surface area contributed by atoms with Gasteiger partial charge < -0.3 is 19.0 Å². The summed E-state index contributed by atoms with van der Waals surface area (Å²) < 4.78 is 13.4. The number of aromatic amines is 1. The van der Waals surface area contributed by atoms with Crippen LogP contribution in [0.2, 0.25) is 0 Å². The lowest BCUT2D eigenvalue weighted by molar-refractivity contribution is 0.355. The maximum absolute atomic E-state index is 5.39. The number of methoxy groups -OCH3 is 2. The van der Waals surface area contributed by atoms with Gasteiger partial charge in [0.15, 0.2) is 16.3 Å². The van der Waals surface area contributed by atoms with E-state index in [2.05, 4.69) is 23.1 Å². The van der Waals surface area contributed by atoms with Gasteiger partial charge >= 0.3 is 0 Å². The van der Waals surface area contributed by atoms with E-state index in [1.807, 2.05) is 18.2 Å². The standard InChI is InChI=1S/C14H18N2O2S/c1-5-6-9(2)16-11-8-13(18-4)12(17-3)7-10(11)15-14(16)19/h5,7-9H,1,6H2,2-4H3,(H,15,19). The van der Waals surface area contributed by atoms with Crippen molar-refractivity contribution in [2.24, 2.45) is 0 Å². The van der Waals surface area contributed by atoms with Crippen LogP contribution in [0.15, 0.2) is 24.8 Å². The van der Waals surface area contributed by atoms with Gasteiger partial charge in [-0.25, -0.2) is 0 Å². The average Bonchev–Trinajstić information content (AvgIpc) is 2.72. The molecule has 4 nitrogen and oxygen atoms in total. The van der Waals surface area contributed by atoms with Crippen LogP contribution in [0.1, 0.15) is 19.4 Å². The molecule has 0 saturated carbocycles. The number of ether oxygens (including phenoxy) is 2. The van der Waals surface area contributed by atoms with Crippen LogP contribution in [0.25, 0.3) is 11.0 Å². The topological polar surface area (TPSA) is 39.2 Å². The third-order valence-electron chi connectivity index (χ3n) is 3.17. The van der Waals surface area contributed by atoms with E-state index < -0.39 is 0 Å². The van der Waals surface area contributed by atoms with E-state index in [1.165, 1.54) is 0 Å². The van der Waals surface area contributed by atoms with Gasteiger partial charge in [-0.1, -0.05) is 6.08 Å². The Balaban J connectivity index is 2.68. The van der Waals surface area contributed by atoms with Crippen molar-refractivity contribution in [2.45, 2.75) is 19.4 Å². The molecule has 0 fully saturated rings. The van der Waals surface area contributed by atoms with E-state index in [0.717, 1.165) is 17.5 Å². The zero-order chi connectivity index (χ0) is 14.0. The number of nitrogens with one attached hydrogen (secondary N) is 1. The van der Waals surface area contributed by atoms with E-state index in [0.29, 0.717) is 16.3 Å². The summed E-state index contributed by atoms with van der Waals surface area (Å²) in [4.78, 5) is 3.20. The van der Waals surface area contributed by atoms with E-state index in [4.69, 9.17) is 21.7 Å². The first-order chi connectivity index (χ1) is 9.12. The molecule has 0 amide bonds. The Labute approximate surface area is 117 Å². The molecule has 1 N–H and O–H groups in total. The number of rotatable bonds is 5. The van der Waals surface area contributed by atoms with E-state index in [9.17, 15) is 0 Å². The van der Waals surface area contributed by atoms with Crippen molar-refractivity contribution < 1.29 is 9.47 Å². The number of hydrogen-bond donors (Lipinski definition) is 1. The minimum absolute atomic E-state index is 0.247. The highest BCUT2D eigenvalue weighted by molar-refractivity contribution is 7.71. The summed E-state index contributed by atoms with van der Waals surface area (Å²) >= 11 is 5.39. The molecule has 1 unspecified atom stereocenters. The molecule has 2 rings (SSSR count). The smallest absolute Gasteiger partial charge is 0.178 e. The highest BCUT2D eigenvalue weighted by Crippen LogP contribution is 2.33. The molecule has 0 saturated heterocycles. The molecule has 0 aliphatic heterocycles. The maximum Gasteiger partial charge on any atom is 0.178 e. The van der Waals surface area contributed by atoms with E-state index in [1.54, 1.807) is 14.2 Å². The first-order valence-electron chi connectivity index (χ1n) is 6.09. The Bertz CT molecular complexity index is 657. The number of nitrogens with zero attached hydrogens (tertiary/aromatic N) is 1. The Morgan fingerprint density at radius 2 is 2.00 bits per heavy atom. The third kappa shape index (κ3) is 2.38. The molecule has 1 atom stereocenters. The lowest BCUT2D eigenvalue weighted by Crippen LogP contribution is -2.04. The Hall–Kier alpha value is -1.75. The fourth-order valence-electron chi connectivity index (χ4n) is 2.24. The lowest BCUT2D eigenvalue weighted by Gasteiger charge is -2.13. The number of benzene rings is 1. The second-order valence-corrected chi connectivity index (χ2v) is 4.78. The molecule has 2 aromatic rings. The van der Waals surface area contributed by atoms with Gasteiger partial charge in [0.1, 0.15) is 0 Å². The highest BCUT2D eigenvalue weighted by Gasteiger charge is 2.14. The molecule has 0 radical (unpaired) electrons. The Morgan fingerprint density at radius 1 is 1.37 bits per heavy atom. The number of H-pyrrole nitrogens is 1. The molecule has 102 valence electrons. The zero-order valence-electron chi connectivity index (χ0n) is 11.4. The van der Waals surface area contributed by atoms with Crippen LogP contribution in [0.4, 0.5) is 0 Å². The number of hydrogen-bond acceptors (Lipinski definition) is 3. The van der Waals surface area contributed by atoms with Crippen molar-refractivity contribution in [3.8, 4) is 11.5 Å². The highest BCUT2D eigenvalue weighted by atomic mass is 32.1. The van der Waals surface area contributed by atoms with Gasteiger partial charge in [-0.2, -0.15) is 0 Å². The van der Waals surface area contributed by atoms with Crippen molar-refractivity contribution >= 4 is 23.3 Å². The number of aromatic nitrogens is 2. The summed E-state index contributed by atoms with van der Waals surface area (Å²) in [5.74, 6) is 1.39. The van der Waals surface area contributed by atoms with Crippen molar-refractivity contribution in [3.05, 3.63) is 29.6 Å². The van der Waals surface area contributed by atoms with Crippen molar-refractivity contribution in [2.75, 3.05) is 14.2 Å². The quantitative estimate of drug-likeness (QED) is 0.667. The molecule has 1 aromatic carbocycles. The van der Waals surface area contributed by atoms with Crippen LogP contribution in [-0.2, 0) is 0 Å². The maximum atomic E-state index is 5.39. The number of fused-ring (bicyclic) bond motifs is 1. The van der Waals surface area contributed by atoms with Gasteiger partial charge in [0, 0.05) is 18.2 Å². The van der Waals surface area contributed by atoms with Crippen LogP contribution < -0.4 is 9.47 Å². The van der Waals surface area contributed by atoms with Crippen molar-refractivity contribution in [1.29, 1.82) is 0 Å². The van der Waals surface area contributed by atoms with Crippen LogP contribution in [0, 0.1) is 4.77 Å². The lowest BCUT2D eigenvalue weighted by atomic mass is 10.2. The van der Waals surface area contributed by atoms with E-state index in [-0.39, 0.29) is 6.04 Å². The fourth-order valence-corrected chi connectivity index (χ4v) is 2.62. The minimum atomic E-state index is 0.247. The molecule has 1 heterocycles. The first-order valence-corrected chi connectivity index (χ1v) is 6.50. The normalized spacial score (nSPS) is 12.4. The molecule has 0 spiro atoms. The zero-order valence-corrected chi connectivity index (χ0v) is 12.2. The molecular weight excluding hydrogens is 260 g/mol. The van der Waals surface area contributed by atoms with Gasteiger partial charge in [0.05, 0.1) is 25.3 Å². The van der Waals surface area contributed by atoms with Crippen LogP contribution >= 0.6 is 12.2 Å². The number of allylic oxidation sites excluding steroid dienone is 1. The fraction of sp³-hybridized carbons (Fsp3) is 0.357. The molecule has 19 heavy (non-hydrogen) atoms. The second kappa shape index (κ2) is 5.48. The monoisotopic (exact) mass is 278 g/mol. The molecule has 5 heteroatoms. The summed E-state index contributed by atoms with van der Waals surface area (Å²) in [6.45, 7) is 5.89. The van der Waals surface area contributed by atoms with Gasteiger partial charge in [-0.05, 0) is 25.6 Å². The summed E-state index contributed by atoms with van der Waals surface area (Å²) in [6, 6.07) is 4.10. The molecule has 0 aliphatic rings. The van der Waals surface area contributed by atoms with Gasteiger partial charge in [0.2, 0.25) is 0 Å². The van der Waals surface area contributed by atoms with E-state index >= 15 is 0 Å². The van der Waals surface area contributed by atoms with Crippen LogP contribution in [0.3, 0.4) is 0 Å². The predicted molar refractivity (Wildman–Crippen MR) is 79.8 cm³/mol. The SMILES string of the molecule is C=CCC(C)n1c(=S)[nH]c2cc(OC)c(OC)cc21. The van der Waals surface area contributed by atoms with Gasteiger partial charge in [-0.15, -0.1) is 6.58 Å². The van der Waals surface area contributed by atoms with Crippen LogP contribution in [-0.4, -0.2) is 23.8 Å². The van der Waals surface area contributed by atoms with Gasteiger partial charge in [0.25, 0.3) is 0 Å². The van der Waals surface area contributed by atoms with Crippen LogP contribution in [0.5, 0.6) is 11.5 Å². The Morgan fingerprint density at radius 3 is 2.58 bits per heavy atom. The molecular formula is C14H18N2O2S. The number of imidazole rings is 1. The Kier molecular flexibility index (Phi) is 3.95. The summed E-state index contributed by atoms with van der Waals surface area (Å²) in [5, 5.41) is 0. The summed E-state index contributed by atoms with van der Waals surface area (Å²) in [6.07, 6.45) is 2.75. The van der Waals surface area contributed by atoms with Gasteiger partial charge in [-0.3, -0.25) is 0 Å². The summed E-state index contributed by atoms with van der Waals surface area (Å²) in [5.41, 5.74) is 1.95. The van der Waals surface area contributed by atoms with Crippen molar-refractivity contribution in [3.63, 3.8) is 0 Å². The first kappa shape index (κ1) is 13.7. The molecule has 0 bridgehead atoms. The predicted octanol–water partition coefficient (Wildman–Crippen LogP) is 3.85. The summed E-state index contributed by atoms with van der Waals surface area (Å²) in [7, 11) is 3.25. The molecule has 0 aliphatic carbocycles. The second-order valence-electron chi connectivity index (χ2n) is 4.40. The van der Waals surface area contributed by atoms with Crippen molar-refractivity contribution in [1.82, 2.24) is 9.55 Å². The largest absolute Gasteiger partial charge is 0.493 e. The average molecular weight is 278 g/mol.